The predicted molar refractivity (Wildman–Crippen MR) is 107 cm³/mol. The van der Waals surface area contributed by atoms with E-state index in [1.54, 1.807) is 12.4 Å². The minimum atomic E-state index is 0.461. The van der Waals surface area contributed by atoms with Crippen LogP contribution in [0.5, 0.6) is 0 Å². The highest BCUT2D eigenvalue weighted by Crippen LogP contribution is 2.31. The average molecular weight is 356 g/mol. The number of nitrogens with one attached hydrogen (secondary N) is 1. The smallest absolute Gasteiger partial charge is 0.164 e. The van der Waals surface area contributed by atoms with E-state index in [0.29, 0.717) is 11.7 Å². The van der Waals surface area contributed by atoms with Crippen LogP contribution in [-0.4, -0.2) is 32.6 Å². The molecule has 0 bridgehead atoms. The van der Waals surface area contributed by atoms with Crippen LogP contribution in [0.1, 0.15) is 17.9 Å². The largest absolute Gasteiger partial charge is 0.383 e. The van der Waals surface area contributed by atoms with Gasteiger partial charge in [-0.1, -0.05) is 12.1 Å². The summed E-state index contributed by atoms with van der Waals surface area (Å²) >= 11 is 0. The lowest BCUT2D eigenvalue weighted by Gasteiger charge is -2.13. The Hall–Kier alpha value is -3.25. The Kier molecular flexibility index (Phi) is 3.83. The summed E-state index contributed by atoms with van der Waals surface area (Å²) in [6.07, 6.45) is 4.66. The highest BCUT2D eigenvalue weighted by Gasteiger charge is 2.19. The standard InChI is InChI=1S/C21H20N6/c22-19-17(3-1-10-24-19)20-26-18-4-2-11-25-21(18)27(20)16-7-5-14(6-8-16)15-9-12-23-13-15/h1-8,10-11,15,23H,9,12-13H2,(H2,22,24)/t15-/m1/s1. The second-order valence-corrected chi connectivity index (χ2v) is 6.83. The summed E-state index contributed by atoms with van der Waals surface area (Å²) in [6, 6.07) is 16.4. The molecular formula is C21H20N6. The van der Waals surface area contributed by atoms with Gasteiger partial charge in [0.15, 0.2) is 11.5 Å². The van der Waals surface area contributed by atoms with Crippen molar-refractivity contribution in [1.29, 1.82) is 0 Å². The van der Waals surface area contributed by atoms with Gasteiger partial charge in [0, 0.05) is 24.6 Å². The lowest BCUT2D eigenvalue weighted by atomic mass is 9.98. The van der Waals surface area contributed by atoms with E-state index in [4.69, 9.17) is 10.7 Å². The van der Waals surface area contributed by atoms with Gasteiger partial charge in [0.1, 0.15) is 11.3 Å². The van der Waals surface area contributed by atoms with Crippen LogP contribution in [-0.2, 0) is 0 Å². The molecule has 0 aliphatic carbocycles. The third kappa shape index (κ3) is 2.74. The molecule has 27 heavy (non-hydrogen) atoms. The van der Waals surface area contributed by atoms with Gasteiger partial charge in [-0.25, -0.2) is 15.0 Å². The van der Waals surface area contributed by atoms with Gasteiger partial charge in [-0.05, 0) is 60.8 Å². The molecule has 6 heteroatoms. The number of aromatic nitrogens is 4. The van der Waals surface area contributed by atoms with Crippen LogP contribution >= 0.6 is 0 Å². The Bertz CT molecular complexity index is 1090. The van der Waals surface area contributed by atoms with Gasteiger partial charge in [-0.3, -0.25) is 4.57 Å². The van der Waals surface area contributed by atoms with Crippen molar-refractivity contribution >= 4 is 17.0 Å². The minimum Gasteiger partial charge on any atom is -0.383 e. The van der Waals surface area contributed by atoms with Crippen molar-refractivity contribution in [2.45, 2.75) is 12.3 Å². The minimum absolute atomic E-state index is 0.461. The highest BCUT2D eigenvalue weighted by atomic mass is 15.1. The molecule has 134 valence electrons. The molecule has 0 amide bonds. The first-order valence-corrected chi connectivity index (χ1v) is 9.16. The van der Waals surface area contributed by atoms with Gasteiger partial charge >= 0.3 is 0 Å². The van der Waals surface area contributed by atoms with E-state index in [0.717, 1.165) is 41.3 Å². The SMILES string of the molecule is Nc1ncccc1-c1nc2cccnc2n1-c1ccc([C@@H]2CCNC2)cc1. The maximum atomic E-state index is 6.14. The Labute approximate surface area is 157 Å². The Morgan fingerprint density at radius 2 is 1.81 bits per heavy atom. The second kappa shape index (κ2) is 6.48. The van der Waals surface area contributed by atoms with Crippen LogP contribution in [0.4, 0.5) is 5.82 Å². The third-order valence-corrected chi connectivity index (χ3v) is 5.18. The summed E-state index contributed by atoms with van der Waals surface area (Å²) < 4.78 is 2.05. The molecule has 4 aromatic rings. The van der Waals surface area contributed by atoms with E-state index in [-0.39, 0.29) is 0 Å². The molecule has 5 rings (SSSR count). The predicted octanol–water partition coefficient (Wildman–Crippen LogP) is 3.14. The fourth-order valence-corrected chi connectivity index (χ4v) is 3.78. The molecule has 1 aliphatic heterocycles. The number of benzene rings is 1. The average Bonchev–Trinajstić information content (AvgIpc) is 3.36. The Balaban J connectivity index is 1.68. The fraction of sp³-hybridized carbons (Fsp3) is 0.190. The normalized spacial score (nSPS) is 16.8. The van der Waals surface area contributed by atoms with Crippen LogP contribution in [0, 0.1) is 0 Å². The quantitative estimate of drug-likeness (QED) is 0.589. The van der Waals surface area contributed by atoms with Crippen molar-refractivity contribution in [3.63, 3.8) is 0 Å². The number of fused-ring (bicyclic) bond motifs is 1. The Morgan fingerprint density at radius 3 is 2.59 bits per heavy atom. The number of hydrogen-bond acceptors (Lipinski definition) is 5. The molecule has 4 heterocycles. The fourth-order valence-electron chi connectivity index (χ4n) is 3.78. The molecular weight excluding hydrogens is 336 g/mol. The summed E-state index contributed by atoms with van der Waals surface area (Å²) in [5.74, 6) is 1.80. The van der Waals surface area contributed by atoms with Gasteiger partial charge in [-0.2, -0.15) is 0 Å². The maximum Gasteiger partial charge on any atom is 0.164 e. The van der Waals surface area contributed by atoms with Gasteiger partial charge in [0.2, 0.25) is 0 Å². The number of pyridine rings is 2. The topological polar surface area (TPSA) is 81.7 Å². The molecule has 3 N–H and O–H groups in total. The van der Waals surface area contributed by atoms with E-state index in [9.17, 15) is 0 Å². The molecule has 1 atom stereocenters. The number of nitrogen functional groups attached to an aromatic ring is 1. The monoisotopic (exact) mass is 356 g/mol. The van der Waals surface area contributed by atoms with E-state index < -0.39 is 0 Å². The van der Waals surface area contributed by atoms with Crippen molar-refractivity contribution < 1.29 is 0 Å². The van der Waals surface area contributed by atoms with Gasteiger partial charge in [0.25, 0.3) is 0 Å². The van der Waals surface area contributed by atoms with Crippen molar-refractivity contribution in [2.75, 3.05) is 18.8 Å². The van der Waals surface area contributed by atoms with Crippen LogP contribution < -0.4 is 11.1 Å². The lowest BCUT2D eigenvalue weighted by Crippen LogP contribution is -2.08. The van der Waals surface area contributed by atoms with Crippen molar-refractivity contribution in [2.24, 2.45) is 0 Å². The number of anilines is 1. The highest BCUT2D eigenvalue weighted by molar-refractivity contribution is 5.82. The molecule has 3 aromatic heterocycles. The molecule has 1 aromatic carbocycles. The van der Waals surface area contributed by atoms with Crippen molar-refractivity contribution in [1.82, 2.24) is 24.8 Å². The zero-order valence-electron chi connectivity index (χ0n) is 14.8. The molecule has 0 radical (unpaired) electrons. The molecule has 0 saturated carbocycles. The summed E-state index contributed by atoms with van der Waals surface area (Å²) in [6.45, 7) is 2.14. The summed E-state index contributed by atoms with van der Waals surface area (Å²) in [5.41, 5.74) is 11.0. The van der Waals surface area contributed by atoms with E-state index in [2.05, 4.69) is 44.1 Å². The summed E-state index contributed by atoms with van der Waals surface area (Å²) in [7, 11) is 0. The number of imidazole rings is 1. The molecule has 6 nitrogen and oxygen atoms in total. The van der Waals surface area contributed by atoms with E-state index >= 15 is 0 Å². The number of nitrogens with two attached hydrogens (primary N) is 1. The molecule has 0 unspecified atom stereocenters. The zero-order valence-corrected chi connectivity index (χ0v) is 14.8. The van der Waals surface area contributed by atoms with Crippen LogP contribution in [0.2, 0.25) is 0 Å². The van der Waals surface area contributed by atoms with Crippen LogP contribution in [0.15, 0.2) is 60.9 Å². The molecule has 1 fully saturated rings. The van der Waals surface area contributed by atoms with E-state index in [1.807, 2.05) is 24.3 Å². The summed E-state index contributed by atoms with van der Waals surface area (Å²) in [5, 5.41) is 3.43. The molecule has 1 saturated heterocycles. The van der Waals surface area contributed by atoms with Gasteiger partial charge in [0.05, 0.1) is 5.56 Å². The number of hydrogen-bond donors (Lipinski definition) is 2. The second-order valence-electron chi connectivity index (χ2n) is 6.83. The first-order valence-electron chi connectivity index (χ1n) is 9.16. The lowest BCUT2D eigenvalue weighted by molar-refractivity contribution is 0.763. The van der Waals surface area contributed by atoms with Crippen molar-refractivity contribution in [3.05, 3.63) is 66.5 Å². The first-order chi connectivity index (χ1) is 13.3. The third-order valence-electron chi connectivity index (χ3n) is 5.18. The van der Waals surface area contributed by atoms with E-state index in [1.165, 1.54) is 12.0 Å². The molecule has 1 aliphatic rings. The zero-order chi connectivity index (χ0) is 18.2. The van der Waals surface area contributed by atoms with Crippen LogP contribution in [0.25, 0.3) is 28.2 Å². The Morgan fingerprint density at radius 1 is 1.00 bits per heavy atom. The van der Waals surface area contributed by atoms with Gasteiger partial charge in [-0.15, -0.1) is 0 Å². The molecule has 0 spiro atoms. The maximum absolute atomic E-state index is 6.14. The summed E-state index contributed by atoms with van der Waals surface area (Å²) in [4.78, 5) is 13.6. The van der Waals surface area contributed by atoms with Crippen LogP contribution in [0.3, 0.4) is 0 Å². The van der Waals surface area contributed by atoms with Crippen molar-refractivity contribution in [3.8, 4) is 17.1 Å². The van der Waals surface area contributed by atoms with Gasteiger partial charge < -0.3 is 11.1 Å². The number of rotatable bonds is 3. The first kappa shape index (κ1) is 16.0. The number of nitrogens with zero attached hydrogens (tertiary/aromatic N) is 4.